The fourth-order valence-corrected chi connectivity index (χ4v) is 4.82. The largest absolute Gasteiger partial charge is 0.344 e. The molecule has 0 saturated carbocycles. The Balaban J connectivity index is 1.67. The number of anilines is 1. The van der Waals surface area contributed by atoms with E-state index in [4.69, 9.17) is 0 Å². The number of allylic oxidation sites excluding steroid dienone is 1. The van der Waals surface area contributed by atoms with Gasteiger partial charge in [-0.25, -0.2) is 4.39 Å². The van der Waals surface area contributed by atoms with Crippen LogP contribution in [0.1, 0.15) is 29.0 Å². The molecule has 2 aliphatic heterocycles. The molecule has 0 aliphatic carbocycles. The third kappa shape index (κ3) is 3.27. The number of amides is 1. The van der Waals surface area contributed by atoms with Crippen LogP contribution in [0.2, 0.25) is 0 Å². The number of hydrogen-bond donors (Lipinski definition) is 0. The number of aryl methyl sites for hydroxylation is 2. The lowest BCUT2D eigenvalue weighted by Gasteiger charge is -2.42. The van der Waals surface area contributed by atoms with Crippen molar-refractivity contribution in [3.05, 3.63) is 75.6 Å². The Hall–Kier alpha value is -2.78. The number of rotatable bonds is 2. The number of benzene rings is 2. The highest BCUT2D eigenvalue weighted by atomic mass is 32.2. The lowest BCUT2D eigenvalue weighted by Crippen LogP contribution is -2.47. The minimum atomic E-state index is -0.389. The molecular weight excluding hydrogens is 373 g/mol. The first-order valence-electron chi connectivity index (χ1n) is 9.13. The average molecular weight is 393 g/mol. The van der Waals surface area contributed by atoms with Crippen LogP contribution in [0.4, 0.5) is 10.1 Å². The number of hydrogen-bond acceptors (Lipinski definition) is 4. The third-order valence-electron chi connectivity index (χ3n) is 5.40. The maximum absolute atomic E-state index is 13.7. The van der Waals surface area contributed by atoms with Crippen LogP contribution in [-0.4, -0.2) is 23.4 Å². The van der Waals surface area contributed by atoms with Crippen molar-refractivity contribution in [1.29, 1.82) is 5.26 Å². The second-order valence-corrected chi connectivity index (χ2v) is 8.12. The van der Waals surface area contributed by atoms with Gasteiger partial charge in [-0.3, -0.25) is 9.69 Å². The summed E-state index contributed by atoms with van der Waals surface area (Å²) >= 11 is 1.49. The molecule has 1 amide bonds. The van der Waals surface area contributed by atoms with Gasteiger partial charge in [0.25, 0.3) is 0 Å². The SMILES string of the molecule is Cc1ccc(N2CSC3=C(C#N)[C@@H](c4cccc(F)c4)CC(=O)N3C2)cc1C. The van der Waals surface area contributed by atoms with Crippen molar-refractivity contribution in [2.24, 2.45) is 0 Å². The Kier molecular flexibility index (Phi) is 4.86. The third-order valence-corrected chi connectivity index (χ3v) is 6.55. The molecule has 4 rings (SSSR count). The van der Waals surface area contributed by atoms with E-state index >= 15 is 0 Å². The number of carbonyl (C=O) groups is 1. The van der Waals surface area contributed by atoms with Crippen molar-refractivity contribution in [2.75, 3.05) is 17.4 Å². The molecule has 0 bridgehead atoms. The molecule has 142 valence electrons. The highest BCUT2D eigenvalue weighted by Crippen LogP contribution is 2.43. The first kappa shape index (κ1) is 18.6. The molecule has 2 heterocycles. The van der Waals surface area contributed by atoms with Gasteiger partial charge >= 0.3 is 0 Å². The molecule has 1 fully saturated rings. The van der Waals surface area contributed by atoms with Crippen molar-refractivity contribution in [3.8, 4) is 6.07 Å². The van der Waals surface area contributed by atoms with Crippen LogP contribution in [0.3, 0.4) is 0 Å². The van der Waals surface area contributed by atoms with Crippen molar-refractivity contribution in [3.63, 3.8) is 0 Å². The maximum Gasteiger partial charge on any atom is 0.229 e. The fraction of sp³-hybridized carbons (Fsp3) is 0.273. The van der Waals surface area contributed by atoms with Gasteiger partial charge in [0.2, 0.25) is 5.91 Å². The lowest BCUT2D eigenvalue weighted by atomic mass is 9.86. The highest BCUT2D eigenvalue weighted by molar-refractivity contribution is 8.03. The summed E-state index contributed by atoms with van der Waals surface area (Å²) in [6, 6.07) is 14.7. The van der Waals surface area contributed by atoms with Gasteiger partial charge in [-0.2, -0.15) is 5.26 Å². The molecule has 6 heteroatoms. The molecule has 1 atom stereocenters. The molecule has 0 aromatic heterocycles. The second-order valence-electron chi connectivity index (χ2n) is 7.19. The van der Waals surface area contributed by atoms with Gasteiger partial charge in [0.05, 0.1) is 29.2 Å². The summed E-state index contributed by atoms with van der Waals surface area (Å²) in [6.07, 6.45) is 0.178. The van der Waals surface area contributed by atoms with E-state index in [1.807, 2.05) is 0 Å². The first-order chi connectivity index (χ1) is 13.5. The Morgan fingerprint density at radius 1 is 1.18 bits per heavy atom. The zero-order valence-corrected chi connectivity index (χ0v) is 16.6. The summed E-state index contributed by atoms with van der Waals surface area (Å²) in [5.41, 5.74) is 4.72. The Morgan fingerprint density at radius 2 is 2.00 bits per heavy atom. The molecule has 0 radical (unpaired) electrons. The van der Waals surface area contributed by atoms with Gasteiger partial charge in [0.1, 0.15) is 5.82 Å². The number of nitriles is 1. The van der Waals surface area contributed by atoms with Gasteiger partial charge in [0.15, 0.2) is 0 Å². The van der Waals surface area contributed by atoms with Gasteiger partial charge in [0, 0.05) is 18.0 Å². The lowest BCUT2D eigenvalue weighted by molar-refractivity contribution is -0.129. The van der Waals surface area contributed by atoms with E-state index < -0.39 is 0 Å². The summed E-state index contributed by atoms with van der Waals surface area (Å²) < 4.78 is 13.7. The zero-order valence-electron chi connectivity index (χ0n) is 15.8. The molecule has 4 nitrogen and oxygen atoms in total. The van der Waals surface area contributed by atoms with Crippen molar-refractivity contribution >= 4 is 23.4 Å². The molecule has 2 aliphatic rings. The smallest absolute Gasteiger partial charge is 0.229 e. The van der Waals surface area contributed by atoms with Gasteiger partial charge < -0.3 is 4.90 Å². The van der Waals surface area contributed by atoms with E-state index in [0.29, 0.717) is 28.7 Å². The minimum Gasteiger partial charge on any atom is -0.344 e. The average Bonchev–Trinajstić information content (AvgIpc) is 2.70. The predicted octanol–water partition coefficient (Wildman–Crippen LogP) is 4.66. The Labute approximate surface area is 168 Å². The van der Waals surface area contributed by atoms with E-state index in [0.717, 1.165) is 5.69 Å². The van der Waals surface area contributed by atoms with Gasteiger partial charge in [-0.1, -0.05) is 30.0 Å². The van der Waals surface area contributed by atoms with E-state index in [1.54, 1.807) is 17.0 Å². The first-order valence-corrected chi connectivity index (χ1v) is 10.1. The Bertz CT molecular complexity index is 1030. The second kappa shape index (κ2) is 7.33. The summed E-state index contributed by atoms with van der Waals surface area (Å²) in [6.45, 7) is 4.57. The van der Waals surface area contributed by atoms with Crippen LogP contribution < -0.4 is 4.90 Å². The number of carbonyl (C=O) groups excluding carboxylic acids is 1. The zero-order chi connectivity index (χ0) is 19.8. The highest BCUT2D eigenvalue weighted by Gasteiger charge is 2.38. The standard InChI is InChI=1S/C22H20FN3OS/c1-14-6-7-18(8-15(14)2)25-12-26-21(27)10-19(16-4-3-5-17(23)9-16)20(11-24)22(26)28-13-25/h3-9,19H,10,12-13H2,1-2H3/t19-/m1/s1. The number of halogens is 1. The van der Waals surface area contributed by atoms with Gasteiger partial charge in [-0.05, 0) is 54.8 Å². The van der Waals surface area contributed by atoms with E-state index in [9.17, 15) is 14.4 Å². The number of fused-ring (bicyclic) bond motifs is 1. The van der Waals surface area contributed by atoms with Crippen LogP contribution in [0.25, 0.3) is 0 Å². The van der Waals surface area contributed by atoms with Crippen molar-refractivity contribution < 1.29 is 9.18 Å². The molecule has 2 aromatic carbocycles. The predicted molar refractivity (Wildman–Crippen MR) is 109 cm³/mol. The summed E-state index contributed by atoms with van der Waals surface area (Å²) in [5, 5.41) is 10.5. The number of nitrogens with zero attached hydrogens (tertiary/aromatic N) is 3. The maximum atomic E-state index is 13.7. The van der Waals surface area contributed by atoms with Crippen LogP contribution in [0.5, 0.6) is 0 Å². The normalized spacial score (nSPS) is 19.5. The van der Waals surface area contributed by atoms with Crippen LogP contribution in [0, 0.1) is 31.0 Å². The fourth-order valence-electron chi connectivity index (χ4n) is 3.66. The minimum absolute atomic E-state index is 0.0377. The quantitative estimate of drug-likeness (QED) is 0.744. The molecule has 28 heavy (non-hydrogen) atoms. The Morgan fingerprint density at radius 3 is 2.71 bits per heavy atom. The monoisotopic (exact) mass is 393 g/mol. The molecule has 1 saturated heterocycles. The molecule has 0 unspecified atom stereocenters. The van der Waals surface area contributed by atoms with Crippen LogP contribution in [-0.2, 0) is 4.79 Å². The van der Waals surface area contributed by atoms with Gasteiger partial charge in [-0.15, -0.1) is 0 Å². The van der Waals surface area contributed by atoms with Crippen molar-refractivity contribution in [1.82, 2.24) is 4.90 Å². The topological polar surface area (TPSA) is 47.3 Å². The number of thioether (sulfide) groups is 1. The van der Waals surface area contributed by atoms with E-state index in [1.165, 1.54) is 35.0 Å². The summed E-state index contributed by atoms with van der Waals surface area (Å²) in [4.78, 5) is 16.7. The molecule has 0 N–H and O–H groups in total. The summed E-state index contributed by atoms with van der Waals surface area (Å²) in [7, 11) is 0. The molecule has 0 spiro atoms. The molecule has 2 aromatic rings. The van der Waals surface area contributed by atoms with E-state index in [2.05, 4.69) is 43.0 Å². The summed E-state index contributed by atoms with van der Waals surface area (Å²) in [5.74, 6) is -0.126. The van der Waals surface area contributed by atoms with E-state index in [-0.39, 0.29) is 24.1 Å². The molecular formula is C22H20FN3OS. The van der Waals surface area contributed by atoms with Crippen LogP contribution in [0.15, 0.2) is 53.1 Å². The van der Waals surface area contributed by atoms with Crippen LogP contribution >= 0.6 is 11.8 Å². The van der Waals surface area contributed by atoms with Crippen molar-refractivity contribution in [2.45, 2.75) is 26.2 Å².